The fourth-order valence-electron chi connectivity index (χ4n) is 3.44. The van der Waals surface area contributed by atoms with Gasteiger partial charge in [0, 0.05) is 32.2 Å². The minimum absolute atomic E-state index is 0.0566. The Balaban J connectivity index is 1.98. The molecule has 2 unspecified atom stereocenters. The van der Waals surface area contributed by atoms with Crippen LogP contribution in [0.4, 0.5) is 0 Å². The first-order valence-electron chi connectivity index (χ1n) is 7.99. The molecule has 4 heteroatoms. The van der Waals surface area contributed by atoms with Gasteiger partial charge in [0.25, 0.3) is 0 Å². The molecule has 2 aliphatic rings. The molecule has 0 bridgehead atoms. The van der Waals surface area contributed by atoms with Gasteiger partial charge < -0.3 is 10.2 Å². The van der Waals surface area contributed by atoms with E-state index in [-0.39, 0.29) is 6.04 Å². The summed E-state index contributed by atoms with van der Waals surface area (Å²) in [5, 5.41) is 3.31. The van der Waals surface area contributed by atoms with E-state index < -0.39 is 0 Å². The summed E-state index contributed by atoms with van der Waals surface area (Å²) < 4.78 is 0. The van der Waals surface area contributed by atoms with Crippen molar-refractivity contribution in [1.29, 1.82) is 0 Å². The van der Waals surface area contributed by atoms with Crippen molar-refractivity contribution in [1.82, 2.24) is 15.1 Å². The zero-order valence-electron chi connectivity index (χ0n) is 12.5. The molecule has 1 amide bonds. The van der Waals surface area contributed by atoms with Crippen molar-refractivity contribution >= 4 is 5.91 Å². The quantitative estimate of drug-likeness (QED) is 0.841. The first-order valence-corrected chi connectivity index (χ1v) is 7.99. The number of nitrogens with one attached hydrogen (secondary N) is 1. The van der Waals surface area contributed by atoms with E-state index in [1.54, 1.807) is 0 Å². The molecule has 2 fully saturated rings. The van der Waals surface area contributed by atoms with Crippen molar-refractivity contribution in [3.8, 4) is 0 Å². The van der Waals surface area contributed by atoms with Gasteiger partial charge in [-0.15, -0.1) is 0 Å². The van der Waals surface area contributed by atoms with E-state index in [2.05, 4.69) is 24.1 Å². The highest BCUT2D eigenvalue weighted by molar-refractivity contribution is 5.81. The second-order valence-corrected chi connectivity index (χ2v) is 5.90. The SMILES string of the molecule is CCC1CCCCCN1C(C)C(=O)N1CCNCC1. The fourth-order valence-corrected chi connectivity index (χ4v) is 3.44. The van der Waals surface area contributed by atoms with Gasteiger partial charge in [-0.1, -0.05) is 19.8 Å². The van der Waals surface area contributed by atoms with Gasteiger partial charge in [-0.05, 0) is 32.7 Å². The van der Waals surface area contributed by atoms with Crippen LogP contribution in [0.25, 0.3) is 0 Å². The number of rotatable bonds is 3. The lowest BCUT2D eigenvalue weighted by Gasteiger charge is -2.37. The van der Waals surface area contributed by atoms with Gasteiger partial charge in [0.05, 0.1) is 6.04 Å². The number of amides is 1. The molecule has 0 aliphatic carbocycles. The molecule has 1 N–H and O–H groups in total. The Hall–Kier alpha value is -0.610. The third-order valence-electron chi connectivity index (χ3n) is 4.68. The number of hydrogen-bond donors (Lipinski definition) is 1. The van der Waals surface area contributed by atoms with Crippen LogP contribution in [0.3, 0.4) is 0 Å². The standard InChI is InChI=1S/C15H29N3O/c1-3-14-7-5-4-6-10-18(14)13(2)15(19)17-11-8-16-9-12-17/h13-14,16H,3-12H2,1-2H3. The molecular formula is C15H29N3O. The van der Waals surface area contributed by atoms with Crippen molar-refractivity contribution in [2.75, 3.05) is 32.7 Å². The zero-order valence-corrected chi connectivity index (χ0v) is 12.5. The number of likely N-dealkylation sites (tertiary alicyclic amines) is 1. The maximum Gasteiger partial charge on any atom is 0.239 e. The maximum absolute atomic E-state index is 12.6. The molecule has 2 saturated heterocycles. The molecule has 19 heavy (non-hydrogen) atoms. The van der Waals surface area contributed by atoms with Gasteiger partial charge in [0.15, 0.2) is 0 Å². The van der Waals surface area contributed by atoms with Crippen LogP contribution in [0.1, 0.15) is 46.0 Å². The minimum Gasteiger partial charge on any atom is -0.339 e. The largest absolute Gasteiger partial charge is 0.339 e. The average molecular weight is 267 g/mol. The third-order valence-corrected chi connectivity index (χ3v) is 4.68. The number of nitrogens with zero attached hydrogens (tertiary/aromatic N) is 2. The Morgan fingerprint density at radius 2 is 1.95 bits per heavy atom. The normalized spacial score (nSPS) is 27.9. The van der Waals surface area contributed by atoms with E-state index in [1.807, 2.05) is 4.90 Å². The van der Waals surface area contributed by atoms with Gasteiger partial charge in [0.1, 0.15) is 0 Å². The van der Waals surface area contributed by atoms with Crippen molar-refractivity contribution in [3.63, 3.8) is 0 Å². The molecule has 2 aliphatic heterocycles. The summed E-state index contributed by atoms with van der Waals surface area (Å²) in [5.74, 6) is 0.335. The molecule has 2 atom stereocenters. The summed E-state index contributed by atoms with van der Waals surface area (Å²) in [6, 6.07) is 0.658. The monoisotopic (exact) mass is 267 g/mol. The predicted molar refractivity (Wildman–Crippen MR) is 78.2 cm³/mol. The molecule has 0 radical (unpaired) electrons. The average Bonchev–Trinajstić information content (AvgIpc) is 2.71. The van der Waals surface area contributed by atoms with Crippen LogP contribution in [0.5, 0.6) is 0 Å². The minimum atomic E-state index is 0.0566. The van der Waals surface area contributed by atoms with E-state index in [4.69, 9.17) is 0 Å². The van der Waals surface area contributed by atoms with Gasteiger partial charge >= 0.3 is 0 Å². The summed E-state index contributed by atoms with van der Waals surface area (Å²) in [5.41, 5.74) is 0. The molecule has 2 heterocycles. The van der Waals surface area contributed by atoms with Crippen LogP contribution < -0.4 is 5.32 Å². The Labute approximate surface area is 117 Å². The van der Waals surface area contributed by atoms with Crippen LogP contribution in [-0.4, -0.2) is 60.5 Å². The van der Waals surface area contributed by atoms with Gasteiger partial charge in [0.2, 0.25) is 5.91 Å². The van der Waals surface area contributed by atoms with Gasteiger partial charge in [-0.25, -0.2) is 0 Å². The van der Waals surface area contributed by atoms with E-state index in [0.29, 0.717) is 11.9 Å². The molecular weight excluding hydrogens is 238 g/mol. The van der Waals surface area contributed by atoms with E-state index in [1.165, 1.54) is 32.1 Å². The predicted octanol–water partition coefficient (Wildman–Crippen LogP) is 1.46. The van der Waals surface area contributed by atoms with Gasteiger partial charge in [-0.3, -0.25) is 9.69 Å². The summed E-state index contributed by atoms with van der Waals surface area (Å²) in [6.45, 7) is 9.08. The highest BCUT2D eigenvalue weighted by atomic mass is 16.2. The molecule has 4 nitrogen and oxygen atoms in total. The molecule has 2 rings (SSSR count). The van der Waals surface area contributed by atoms with Gasteiger partial charge in [-0.2, -0.15) is 0 Å². The Bertz CT molecular complexity index is 289. The lowest BCUT2D eigenvalue weighted by Crippen LogP contribution is -2.55. The van der Waals surface area contributed by atoms with Crippen molar-refractivity contribution in [2.45, 2.75) is 58.0 Å². The van der Waals surface area contributed by atoms with Crippen molar-refractivity contribution in [3.05, 3.63) is 0 Å². The van der Waals surface area contributed by atoms with Crippen LogP contribution in [0.15, 0.2) is 0 Å². The Kier molecular flexibility index (Phi) is 5.64. The number of hydrogen-bond acceptors (Lipinski definition) is 3. The Morgan fingerprint density at radius 1 is 1.21 bits per heavy atom. The highest BCUT2D eigenvalue weighted by Gasteiger charge is 2.31. The molecule has 0 aromatic heterocycles. The molecule has 0 aromatic rings. The number of piperazine rings is 1. The third kappa shape index (κ3) is 3.69. The Morgan fingerprint density at radius 3 is 2.63 bits per heavy atom. The summed E-state index contributed by atoms with van der Waals surface area (Å²) in [7, 11) is 0. The van der Waals surface area contributed by atoms with Crippen LogP contribution >= 0.6 is 0 Å². The van der Waals surface area contributed by atoms with Crippen LogP contribution in [0, 0.1) is 0 Å². The van der Waals surface area contributed by atoms with E-state index >= 15 is 0 Å². The van der Waals surface area contributed by atoms with E-state index in [0.717, 1.165) is 32.7 Å². The molecule has 110 valence electrons. The summed E-state index contributed by atoms with van der Waals surface area (Å²) in [4.78, 5) is 17.1. The summed E-state index contributed by atoms with van der Waals surface area (Å²) in [6.07, 6.45) is 6.32. The zero-order chi connectivity index (χ0) is 13.7. The topological polar surface area (TPSA) is 35.6 Å². The fraction of sp³-hybridized carbons (Fsp3) is 0.933. The van der Waals surface area contributed by atoms with Crippen molar-refractivity contribution < 1.29 is 4.79 Å². The first-order chi connectivity index (χ1) is 9.24. The second-order valence-electron chi connectivity index (χ2n) is 5.90. The first kappa shape index (κ1) is 14.8. The smallest absolute Gasteiger partial charge is 0.239 e. The maximum atomic E-state index is 12.6. The highest BCUT2D eigenvalue weighted by Crippen LogP contribution is 2.22. The molecule has 0 spiro atoms. The number of carbonyl (C=O) groups excluding carboxylic acids is 1. The van der Waals surface area contributed by atoms with Crippen molar-refractivity contribution in [2.24, 2.45) is 0 Å². The summed E-state index contributed by atoms with van der Waals surface area (Å²) >= 11 is 0. The van der Waals surface area contributed by atoms with Crippen LogP contribution in [-0.2, 0) is 4.79 Å². The molecule has 0 aromatic carbocycles. The molecule has 0 saturated carbocycles. The van der Waals surface area contributed by atoms with E-state index in [9.17, 15) is 4.79 Å². The second kappa shape index (κ2) is 7.25. The number of carbonyl (C=O) groups is 1. The lowest BCUT2D eigenvalue weighted by atomic mass is 10.1. The lowest BCUT2D eigenvalue weighted by molar-refractivity contribution is -0.138. The van der Waals surface area contributed by atoms with Crippen LogP contribution in [0.2, 0.25) is 0 Å².